The zero-order chi connectivity index (χ0) is 26.6. The van der Waals surface area contributed by atoms with Gasteiger partial charge in [-0.2, -0.15) is 0 Å². The van der Waals surface area contributed by atoms with E-state index >= 15 is 0 Å². The maximum atomic E-state index is 12.8. The van der Waals surface area contributed by atoms with Crippen molar-refractivity contribution in [2.45, 2.75) is 33.2 Å². The standard InChI is InChI=1S/C31H33ClN4O2/c1-21-14-28-30(15-22(21)2)33-20-34-31(28)38-27-9-8-25(29(32)18-27)17-26(37)16-23-4-6-24(7-5-23)19-36-12-10-35(3)11-13-36/h4-9,14-15,18,20H,10-13,16-17,19H2,1-3H3. The van der Waals surface area contributed by atoms with E-state index in [4.69, 9.17) is 16.3 Å². The summed E-state index contributed by atoms with van der Waals surface area (Å²) in [5.41, 5.74) is 6.24. The topological polar surface area (TPSA) is 58.6 Å². The molecule has 7 heteroatoms. The molecule has 0 atom stereocenters. The molecule has 38 heavy (non-hydrogen) atoms. The number of hydrogen-bond acceptors (Lipinski definition) is 6. The molecule has 1 aliphatic rings. The molecule has 1 fully saturated rings. The van der Waals surface area contributed by atoms with E-state index in [0.717, 1.165) is 60.3 Å². The second kappa shape index (κ2) is 11.6. The Morgan fingerprint density at radius 3 is 2.34 bits per heavy atom. The summed E-state index contributed by atoms with van der Waals surface area (Å²) in [5.74, 6) is 1.18. The predicted octanol–water partition coefficient (Wildman–Crippen LogP) is 5.79. The summed E-state index contributed by atoms with van der Waals surface area (Å²) in [4.78, 5) is 26.4. The fraction of sp³-hybridized carbons (Fsp3) is 0.323. The van der Waals surface area contributed by atoms with Crippen molar-refractivity contribution in [3.05, 3.63) is 93.8 Å². The molecule has 3 aromatic carbocycles. The van der Waals surface area contributed by atoms with Crippen LogP contribution in [0.2, 0.25) is 5.02 Å². The molecule has 1 aliphatic heterocycles. The summed E-state index contributed by atoms with van der Waals surface area (Å²) in [6, 6.07) is 17.9. The van der Waals surface area contributed by atoms with Crippen molar-refractivity contribution in [3.8, 4) is 11.6 Å². The normalized spacial score (nSPS) is 14.6. The zero-order valence-corrected chi connectivity index (χ0v) is 23.0. The van der Waals surface area contributed by atoms with Gasteiger partial charge in [0, 0.05) is 50.6 Å². The minimum absolute atomic E-state index is 0.125. The molecule has 0 spiro atoms. The van der Waals surface area contributed by atoms with Gasteiger partial charge in [0.25, 0.3) is 0 Å². The van der Waals surface area contributed by atoms with Gasteiger partial charge in [0.1, 0.15) is 17.9 Å². The highest BCUT2D eigenvalue weighted by Gasteiger charge is 2.15. The first-order valence-corrected chi connectivity index (χ1v) is 13.4. The van der Waals surface area contributed by atoms with Crippen molar-refractivity contribution in [1.82, 2.24) is 19.8 Å². The Morgan fingerprint density at radius 1 is 0.895 bits per heavy atom. The third-order valence-corrected chi connectivity index (χ3v) is 7.62. The van der Waals surface area contributed by atoms with Crippen LogP contribution in [0.25, 0.3) is 10.9 Å². The first-order valence-electron chi connectivity index (χ1n) is 13.0. The Morgan fingerprint density at radius 2 is 1.61 bits per heavy atom. The van der Waals surface area contributed by atoms with E-state index in [-0.39, 0.29) is 12.2 Å². The van der Waals surface area contributed by atoms with Crippen molar-refractivity contribution in [2.24, 2.45) is 0 Å². The number of rotatable bonds is 8. The van der Waals surface area contributed by atoms with Crippen LogP contribution >= 0.6 is 11.6 Å². The van der Waals surface area contributed by atoms with Crippen molar-refractivity contribution in [3.63, 3.8) is 0 Å². The third kappa shape index (κ3) is 6.38. The fourth-order valence-electron chi connectivity index (χ4n) is 4.75. The van der Waals surface area contributed by atoms with Crippen molar-refractivity contribution in [1.29, 1.82) is 0 Å². The summed E-state index contributed by atoms with van der Waals surface area (Å²) in [6.45, 7) is 9.47. The Kier molecular flexibility index (Phi) is 8.03. The average Bonchev–Trinajstić information content (AvgIpc) is 2.89. The second-order valence-electron chi connectivity index (χ2n) is 10.3. The number of hydrogen-bond donors (Lipinski definition) is 0. The summed E-state index contributed by atoms with van der Waals surface area (Å²) in [5, 5.41) is 1.35. The van der Waals surface area contributed by atoms with Crippen LogP contribution < -0.4 is 4.74 Å². The number of halogens is 1. The minimum atomic E-state index is 0.125. The molecule has 0 aliphatic carbocycles. The Labute approximate surface area is 229 Å². The van der Waals surface area contributed by atoms with Gasteiger partial charge in [0.2, 0.25) is 5.88 Å². The minimum Gasteiger partial charge on any atom is -0.438 e. The van der Waals surface area contributed by atoms with Crippen LogP contribution in [-0.4, -0.2) is 58.8 Å². The molecule has 0 bridgehead atoms. The van der Waals surface area contributed by atoms with Crippen LogP contribution in [0.1, 0.15) is 27.8 Å². The molecule has 4 aromatic rings. The Hall–Kier alpha value is -3.32. The SMILES string of the molecule is Cc1cc2ncnc(Oc3ccc(CC(=O)Cc4ccc(CN5CCN(C)CC5)cc4)c(Cl)c3)c2cc1C. The van der Waals surface area contributed by atoms with E-state index in [2.05, 4.69) is 64.9 Å². The van der Waals surface area contributed by atoms with Crippen LogP contribution in [0.15, 0.2) is 60.9 Å². The van der Waals surface area contributed by atoms with Crippen LogP contribution in [0.4, 0.5) is 0 Å². The molecule has 0 amide bonds. The number of fused-ring (bicyclic) bond motifs is 1. The van der Waals surface area contributed by atoms with E-state index in [1.54, 1.807) is 6.07 Å². The van der Waals surface area contributed by atoms with E-state index in [0.29, 0.717) is 23.1 Å². The van der Waals surface area contributed by atoms with Gasteiger partial charge in [-0.25, -0.2) is 9.97 Å². The number of carbonyl (C=O) groups is 1. The molecule has 196 valence electrons. The van der Waals surface area contributed by atoms with Crippen LogP contribution in [0.5, 0.6) is 11.6 Å². The number of likely N-dealkylation sites (N-methyl/N-ethyl adjacent to an activating group) is 1. The van der Waals surface area contributed by atoms with Crippen LogP contribution in [-0.2, 0) is 24.2 Å². The molecule has 6 nitrogen and oxygen atoms in total. The molecular formula is C31H33ClN4O2. The fourth-order valence-corrected chi connectivity index (χ4v) is 4.99. The quantitative estimate of drug-likeness (QED) is 0.288. The number of carbonyl (C=O) groups excluding carboxylic acids is 1. The molecule has 0 radical (unpaired) electrons. The molecular weight excluding hydrogens is 496 g/mol. The largest absolute Gasteiger partial charge is 0.438 e. The third-order valence-electron chi connectivity index (χ3n) is 7.27. The lowest BCUT2D eigenvalue weighted by Crippen LogP contribution is -2.43. The summed E-state index contributed by atoms with van der Waals surface area (Å²) >= 11 is 6.56. The van der Waals surface area contributed by atoms with Gasteiger partial charge in [0.15, 0.2) is 0 Å². The molecule has 5 rings (SSSR count). The highest BCUT2D eigenvalue weighted by molar-refractivity contribution is 6.31. The number of benzene rings is 3. The second-order valence-corrected chi connectivity index (χ2v) is 10.7. The van der Waals surface area contributed by atoms with Crippen molar-refractivity contribution < 1.29 is 9.53 Å². The maximum absolute atomic E-state index is 12.8. The first kappa shape index (κ1) is 26.3. The Balaban J connectivity index is 1.19. The first-order chi connectivity index (χ1) is 18.3. The van der Waals surface area contributed by atoms with E-state index in [9.17, 15) is 4.79 Å². The smallest absolute Gasteiger partial charge is 0.230 e. The molecule has 0 N–H and O–H groups in total. The number of ether oxygens (including phenoxy) is 1. The Bertz CT molecular complexity index is 1450. The molecule has 0 unspecified atom stereocenters. The summed E-state index contributed by atoms with van der Waals surface area (Å²) < 4.78 is 6.07. The number of piperazine rings is 1. The van der Waals surface area contributed by atoms with Gasteiger partial charge in [-0.3, -0.25) is 9.69 Å². The average molecular weight is 529 g/mol. The van der Waals surface area contributed by atoms with Gasteiger partial charge >= 0.3 is 0 Å². The molecule has 1 aromatic heterocycles. The van der Waals surface area contributed by atoms with Gasteiger partial charge in [-0.15, -0.1) is 0 Å². The number of Topliss-reactive ketones (excluding diaryl/α,β-unsaturated/α-hetero) is 1. The van der Waals surface area contributed by atoms with Gasteiger partial charge in [-0.1, -0.05) is 41.9 Å². The predicted molar refractivity (Wildman–Crippen MR) is 152 cm³/mol. The lowest BCUT2D eigenvalue weighted by Gasteiger charge is -2.32. The molecule has 2 heterocycles. The lowest BCUT2D eigenvalue weighted by atomic mass is 10.0. The number of ketones is 1. The zero-order valence-electron chi connectivity index (χ0n) is 22.2. The van der Waals surface area contributed by atoms with Gasteiger partial charge in [-0.05, 0) is 73.0 Å². The number of aromatic nitrogens is 2. The van der Waals surface area contributed by atoms with E-state index in [1.807, 2.05) is 24.3 Å². The highest BCUT2D eigenvalue weighted by Crippen LogP contribution is 2.31. The lowest BCUT2D eigenvalue weighted by molar-refractivity contribution is -0.117. The maximum Gasteiger partial charge on any atom is 0.230 e. The summed E-state index contributed by atoms with van der Waals surface area (Å²) in [7, 11) is 2.17. The van der Waals surface area contributed by atoms with E-state index < -0.39 is 0 Å². The van der Waals surface area contributed by atoms with Crippen molar-refractivity contribution in [2.75, 3.05) is 33.2 Å². The number of aryl methyl sites for hydroxylation is 2. The van der Waals surface area contributed by atoms with E-state index in [1.165, 1.54) is 17.5 Å². The molecule has 0 saturated carbocycles. The van der Waals surface area contributed by atoms with Gasteiger partial charge in [0.05, 0.1) is 10.9 Å². The highest BCUT2D eigenvalue weighted by atomic mass is 35.5. The molecule has 1 saturated heterocycles. The van der Waals surface area contributed by atoms with Crippen molar-refractivity contribution >= 4 is 28.3 Å². The number of nitrogens with zero attached hydrogens (tertiary/aromatic N) is 4. The van der Waals surface area contributed by atoms with Crippen LogP contribution in [0.3, 0.4) is 0 Å². The monoisotopic (exact) mass is 528 g/mol. The van der Waals surface area contributed by atoms with Gasteiger partial charge < -0.3 is 9.64 Å². The van der Waals surface area contributed by atoms with Crippen LogP contribution in [0, 0.1) is 13.8 Å². The summed E-state index contributed by atoms with van der Waals surface area (Å²) in [6.07, 6.45) is 2.16.